The van der Waals surface area contributed by atoms with Crippen LogP contribution < -0.4 is 0 Å². The van der Waals surface area contributed by atoms with Crippen LogP contribution in [-0.4, -0.2) is 33.8 Å². The van der Waals surface area contributed by atoms with Gasteiger partial charge in [-0.15, -0.1) is 0 Å². The number of imide groups is 1. The van der Waals surface area contributed by atoms with Crippen molar-refractivity contribution >= 4 is 17.8 Å². The fourth-order valence-corrected chi connectivity index (χ4v) is 3.87. The summed E-state index contributed by atoms with van der Waals surface area (Å²) in [6, 6.07) is -0.359. The number of nitrogens with zero attached hydrogens (tertiary/aromatic N) is 1. The highest BCUT2D eigenvalue weighted by Crippen LogP contribution is 2.45. The van der Waals surface area contributed by atoms with Gasteiger partial charge in [-0.3, -0.25) is 19.3 Å². The average Bonchev–Trinajstić information content (AvgIpc) is 3.08. The van der Waals surface area contributed by atoms with Crippen molar-refractivity contribution in [3.63, 3.8) is 0 Å². The van der Waals surface area contributed by atoms with E-state index in [4.69, 9.17) is 5.11 Å². The molecule has 0 radical (unpaired) electrons. The van der Waals surface area contributed by atoms with E-state index in [0.29, 0.717) is 12.3 Å². The van der Waals surface area contributed by atoms with E-state index in [1.807, 2.05) is 0 Å². The van der Waals surface area contributed by atoms with Gasteiger partial charge in [0, 0.05) is 0 Å². The van der Waals surface area contributed by atoms with Crippen molar-refractivity contribution in [2.45, 2.75) is 38.6 Å². The first kappa shape index (κ1) is 13.3. The first-order valence-corrected chi connectivity index (χ1v) is 7.31. The van der Waals surface area contributed by atoms with Crippen molar-refractivity contribution < 1.29 is 19.5 Å². The fraction of sp³-hybridized carbons (Fsp3) is 0.667. The molecule has 0 aromatic heterocycles. The predicted octanol–water partition coefficient (Wildman–Crippen LogP) is 1.44. The van der Waals surface area contributed by atoms with E-state index in [2.05, 4.69) is 6.92 Å². The second-order valence-electron chi connectivity index (χ2n) is 6.14. The highest BCUT2D eigenvalue weighted by molar-refractivity contribution is 6.06. The molecule has 2 aliphatic carbocycles. The fourth-order valence-electron chi connectivity index (χ4n) is 3.87. The van der Waals surface area contributed by atoms with Gasteiger partial charge in [0.2, 0.25) is 11.8 Å². The summed E-state index contributed by atoms with van der Waals surface area (Å²) in [5, 5.41) is 8.99. The highest BCUT2D eigenvalue weighted by atomic mass is 16.4. The number of fused-ring (bicyclic) bond motifs is 1. The Morgan fingerprint density at radius 2 is 1.80 bits per heavy atom. The van der Waals surface area contributed by atoms with Gasteiger partial charge in [-0.05, 0) is 25.2 Å². The zero-order chi connectivity index (χ0) is 14.4. The molecule has 5 nitrogen and oxygen atoms in total. The van der Waals surface area contributed by atoms with E-state index < -0.39 is 11.9 Å². The zero-order valence-corrected chi connectivity index (χ0v) is 11.5. The SMILES string of the molecule is CCC1CC2C(=O)N(C3C=CC(C(=O)O)C3)C(=O)C2C1. The van der Waals surface area contributed by atoms with Crippen molar-refractivity contribution in [1.29, 1.82) is 0 Å². The molecule has 3 rings (SSSR count). The number of carboxylic acid groups (broad SMARTS) is 1. The van der Waals surface area contributed by atoms with Gasteiger partial charge in [-0.1, -0.05) is 25.5 Å². The minimum atomic E-state index is -0.894. The molecule has 0 spiro atoms. The van der Waals surface area contributed by atoms with Crippen molar-refractivity contribution in [2.75, 3.05) is 0 Å². The third kappa shape index (κ3) is 1.87. The van der Waals surface area contributed by atoms with Crippen LogP contribution in [0.1, 0.15) is 32.6 Å². The van der Waals surface area contributed by atoms with Gasteiger partial charge >= 0.3 is 5.97 Å². The Labute approximate surface area is 117 Å². The summed E-state index contributed by atoms with van der Waals surface area (Å²) < 4.78 is 0. The molecule has 0 aromatic carbocycles. The molecular formula is C15H19NO4. The van der Waals surface area contributed by atoms with Crippen molar-refractivity contribution in [1.82, 2.24) is 4.90 Å². The van der Waals surface area contributed by atoms with E-state index in [-0.39, 0.29) is 29.7 Å². The van der Waals surface area contributed by atoms with Gasteiger partial charge in [-0.2, -0.15) is 0 Å². The molecule has 20 heavy (non-hydrogen) atoms. The van der Waals surface area contributed by atoms with Crippen molar-refractivity contribution in [2.24, 2.45) is 23.7 Å². The Hall–Kier alpha value is -1.65. The molecule has 1 N–H and O–H groups in total. The lowest BCUT2D eigenvalue weighted by atomic mass is 10.00. The number of likely N-dealkylation sites (tertiary alicyclic amines) is 1. The topological polar surface area (TPSA) is 74.7 Å². The lowest BCUT2D eigenvalue weighted by Crippen LogP contribution is -2.40. The number of aliphatic carboxylic acids is 1. The lowest BCUT2D eigenvalue weighted by Gasteiger charge is -2.23. The Kier molecular flexibility index (Phi) is 3.15. The van der Waals surface area contributed by atoms with Crippen LogP contribution in [0.25, 0.3) is 0 Å². The molecule has 2 fully saturated rings. The number of hydrogen-bond donors (Lipinski definition) is 1. The first-order chi connectivity index (χ1) is 9.52. The van der Waals surface area contributed by atoms with Crippen LogP contribution in [0.2, 0.25) is 0 Å². The maximum atomic E-state index is 12.4. The summed E-state index contributed by atoms with van der Waals surface area (Å²) >= 11 is 0. The minimum absolute atomic E-state index is 0.0864. The van der Waals surface area contributed by atoms with Gasteiger partial charge in [0.1, 0.15) is 0 Å². The molecule has 108 valence electrons. The predicted molar refractivity (Wildman–Crippen MR) is 70.5 cm³/mol. The number of amides is 2. The Morgan fingerprint density at radius 1 is 1.20 bits per heavy atom. The van der Waals surface area contributed by atoms with Gasteiger partial charge in [0.05, 0.1) is 23.8 Å². The zero-order valence-electron chi connectivity index (χ0n) is 11.5. The number of carbonyl (C=O) groups excluding carboxylic acids is 2. The second kappa shape index (κ2) is 4.72. The molecule has 1 saturated carbocycles. The van der Waals surface area contributed by atoms with Crippen molar-refractivity contribution in [3.8, 4) is 0 Å². The summed E-state index contributed by atoms with van der Waals surface area (Å²) in [5.74, 6) is -1.49. The summed E-state index contributed by atoms with van der Waals surface area (Å²) in [7, 11) is 0. The number of hydrogen-bond acceptors (Lipinski definition) is 3. The molecule has 1 heterocycles. The monoisotopic (exact) mass is 277 g/mol. The smallest absolute Gasteiger partial charge is 0.310 e. The summed E-state index contributed by atoms with van der Waals surface area (Å²) in [6.07, 6.45) is 6.24. The largest absolute Gasteiger partial charge is 0.481 e. The molecule has 0 bridgehead atoms. The number of carbonyl (C=O) groups is 3. The van der Waals surface area contributed by atoms with Crippen LogP contribution in [0.15, 0.2) is 12.2 Å². The quantitative estimate of drug-likeness (QED) is 0.625. The molecule has 5 heteroatoms. The molecular weight excluding hydrogens is 258 g/mol. The van der Waals surface area contributed by atoms with E-state index in [1.54, 1.807) is 12.2 Å². The maximum absolute atomic E-state index is 12.4. The standard InChI is InChI=1S/C15H19NO4/c1-2-8-5-11-12(6-8)14(18)16(13(11)17)10-4-3-9(7-10)15(19)20/h3-4,8-12H,2,5-7H2,1H3,(H,19,20). The Balaban J connectivity index is 1.75. The molecule has 2 amide bonds. The Bertz CT molecular complexity index is 474. The minimum Gasteiger partial charge on any atom is -0.481 e. The molecule has 4 atom stereocenters. The van der Waals surface area contributed by atoms with Gasteiger partial charge in [-0.25, -0.2) is 0 Å². The molecule has 0 aromatic rings. The lowest BCUT2D eigenvalue weighted by molar-refractivity contribution is -0.145. The van der Waals surface area contributed by atoms with Crippen LogP contribution in [0, 0.1) is 23.7 Å². The maximum Gasteiger partial charge on any atom is 0.310 e. The molecule has 1 saturated heterocycles. The van der Waals surface area contributed by atoms with Crippen LogP contribution in [-0.2, 0) is 14.4 Å². The van der Waals surface area contributed by atoms with E-state index in [9.17, 15) is 14.4 Å². The van der Waals surface area contributed by atoms with Gasteiger partial charge in [0.25, 0.3) is 0 Å². The first-order valence-electron chi connectivity index (χ1n) is 7.31. The van der Waals surface area contributed by atoms with Crippen molar-refractivity contribution in [3.05, 3.63) is 12.2 Å². The summed E-state index contributed by atoms with van der Waals surface area (Å²) in [6.45, 7) is 2.09. The third-order valence-corrected chi connectivity index (χ3v) is 5.06. The van der Waals surface area contributed by atoms with Crippen LogP contribution in [0.4, 0.5) is 0 Å². The normalized spacial score (nSPS) is 39.6. The second-order valence-corrected chi connectivity index (χ2v) is 6.14. The van der Waals surface area contributed by atoms with Gasteiger partial charge < -0.3 is 5.11 Å². The number of carboxylic acids is 1. The molecule has 4 unspecified atom stereocenters. The van der Waals surface area contributed by atoms with E-state index in [0.717, 1.165) is 19.3 Å². The molecule has 3 aliphatic rings. The number of rotatable bonds is 3. The van der Waals surface area contributed by atoms with Crippen LogP contribution in [0.5, 0.6) is 0 Å². The van der Waals surface area contributed by atoms with E-state index in [1.165, 1.54) is 4.90 Å². The average molecular weight is 277 g/mol. The summed E-state index contributed by atoms with van der Waals surface area (Å²) in [4.78, 5) is 37.2. The summed E-state index contributed by atoms with van der Waals surface area (Å²) in [5.41, 5.74) is 0. The van der Waals surface area contributed by atoms with E-state index >= 15 is 0 Å². The van der Waals surface area contributed by atoms with Crippen LogP contribution in [0.3, 0.4) is 0 Å². The highest BCUT2D eigenvalue weighted by Gasteiger charge is 2.54. The van der Waals surface area contributed by atoms with Crippen LogP contribution >= 0.6 is 0 Å². The van der Waals surface area contributed by atoms with Gasteiger partial charge in [0.15, 0.2) is 0 Å². The molecule has 1 aliphatic heterocycles. The third-order valence-electron chi connectivity index (χ3n) is 5.06. The Morgan fingerprint density at radius 3 is 2.25 bits per heavy atom.